The van der Waals surface area contributed by atoms with Crippen LogP contribution in [0.5, 0.6) is 0 Å². The van der Waals surface area contributed by atoms with Crippen LogP contribution in [0.3, 0.4) is 0 Å². The molecule has 2 aliphatic rings. The van der Waals surface area contributed by atoms with Crippen LogP contribution in [0.25, 0.3) is 21.5 Å². The highest BCUT2D eigenvalue weighted by molar-refractivity contribution is 9.11. The smallest absolute Gasteiger partial charge is 0.346 e. The van der Waals surface area contributed by atoms with Crippen molar-refractivity contribution < 1.29 is 28.7 Å². The second-order valence-corrected chi connectivity index (χ2v) is 10.7. The summed E-state index contributed by atoms with van der Waals surface area (Å²) in [5, 5.41) is 2.89. The van der Waals surface area contributed by atoms with Crippen molar-refractivity contribution in [3.8, 4) is 0 Å². The quantitative estimate of drug-likeness (QED) is 0.140. The van der Waals surface area contributed by atoms with Crippen molar-refractivity contribution in [3.05, 3.63) is 88.7 Å². The lowest BCUT2D eigenvalue weighted by Gasteiger charge is -2.21. The molecule has 0 N–H and O–H groups in total. The molecule has 34 heavy (non-hydrogen) atoms. The van der Waals surface area contributed by atoms with Gasteiger partial charge in [0.05, 0.1) is 22.3 Å². The highest BCUT2D eigenvalue weighted by Gasteiger charge is 2.35. The Morgan fingerprint density at radius 2 is 0.618 bits per heavy atom. The largest absolute Gasteiger partial charge is 0.386 e. The predicted octanol–water partition coefficient (Wildman–Crippen LogP) is 7.35. The Balaban J connectivity index is 0.000000152. The normalized spacial score (nSPS) is 14.0. The van der Waals surface area contributed by atoms with Crippen molar-refractivity contribution in [2.75, 3.05) is 0 Å². The average molecular weight is 712 g/mol. The minimum Gasteiger partial charge on any atom is -0.386 e. The Bertz CT molecular complexity index is 1400. The molecule has 4 aromatic rings. The molecule has 0 radical (unpaired) electrons. The van der Waals surface area contributed by atoms with Crippen LogP contribution < -0.4 is 0 Å². The van der Waals surface area contributed by atoms with Gasteiger partial charge in [0, 0.05) is 39.4 Å². The van der Waals surface area contributed by atoms with E-state index in [4.69, 9.17) is 0 Å². The summed E-state index contributed by atoms with van der Waals surface area (Å²) in [6.45, 7) is 0. The Morgan fingerprint density at radius 3 is 0.853 bits per heavy atom. The lowest BCUT2D eigenvalue weighted by atomic mass is 9.89. The van der Waals surface area contributed by atoms with Gasteiger partial charge in [0.15, 0.2) is 0 Å². The molecule has 0 bridgehead atoms. The molecule has 0 aromatic heterocycles. The van der Waals surface area contributed by atoms with E-state index in [1.807, 2.05) is 24.3 Å². The molecular formula is C24H8Br4O6. The molecule has 0 saturated carbocycles. The van der Waals surface area contributed by atoms with Crippen LogP contribution in [0.15, 0.2) is 66.4 Å². The Hall–Kier alpha value is -2.40. The average Bonchev–Trinajstić information content (AvgIpc) is 2.80. The maximum atomic E-state index is 11.7. The third-order valence-corrected chi connectivity index (χ3v) is 8.01. The molecule has 2 aliphatic heterocycles. The van der Waals surface area contributed by atoms with E-state index < -0.39 is 23.9 Å². The fourth-order valence-electron chi connectivity index (χ4n) is 3.90. The van der Waals surface area contributed by atoms with Gasteiger partial charge in [-0.2, -0.15) is 0 Å². The lowest BCUT2D eigenvalue weighted by molar-refractivity contribution is 0.0366. The van der Waals surface area contributed by atoms with Crippen molar-refractivity contribution in [1.82, 2.24) is 0 Å². The lowest BCUT2D eigenvalue weighted by Crippen LogP contribution is -2.25. The molecule has 0 saturated heterocycles. The van der Waals surface area contributed by atoms with Gasteiger partial charge in [-0.15, -0.1) is 0 Å². The zero-order valence-corrected chi connectivity index (χ0v) is 22.9. The number of benzene rings is 4. The minimum absolute atomic E-state index is 0.155. The monoisotopic (exact) mass is 708 g/mol. The SMILES string of the molecule is Brc1ccc(Br)c2c(Br)ccc(Br)c12.O=C1OC(=O)c2ccc3c4c(ccc1c24)C(=O)OC3=O. The second kappa shape index (κ2) is 8.67. The first-order valence-corrected chi connectivity index (χ1v) is 12.7. The van der Waals surface area contributed by atoms with Crippen LogP contribution in [-0.2, 0) is 9.47 Å². The summed E-state index contributed by atoms with van der Waals surface area (Å²) in [6.07, 6.45) is 0. The molecule has 0 atom stereocenters. The van der Waals surface area contributed by atoms with Crippen molar-refractivity contribution in [3.63, 3.8) is 0 Å². The van der Waals surface area contributed by atoms with Crippen molar-refractivity contribution in [2.45, 2.75) is 0 Å². The van der Waals surface area contributed by atoms with E-state index in [1.165, 1.54) is 35.0 Å². The van der Waals surface area contributed by atoms with Gasteiger partial charge >= 0.3 is 23.9 Å². The minimum atomic E-state index is -0.794. The van der Waals surface area contributed by atoms with Gasteiger partial charge < -0.3 is 9.47 Å². The first-order chi connectivity index (χ1) is 16.2. The third kappa shape index (κ3) is 3.64. The molecule has 10 heteroatoms. The summed E-state index contributed by atoms with van der Waals surface area (Å²) < 4.78 is 13.6. The van der Waals surface area contributed by atoms with Gasteiger partial charge in [0.2, 0.25) is 0 Å². The Labute approximate surface area is 225 Å². The number of rotatable bonds is 0. The van der Waals surface area contributed by atoms with Crippen molar-refractivity contribution in [1.29, 1.82) is 0 Å². The molecule has 0 spiro atoms. The summed E-state index contributed by atoms with van der Waals surface area (Å²) in [4.78, 5) is 46.9. The van der Waals surface area contributed by atoms with E-state index in [0.717, 1.165) is 17.9 Å². The molecule has 4 aromatic carbocycles. The molecule has 0 fully saturated rings. The van der Waals surface area contributed by atoms with E-state index in [-0.39, 0.29) is 33.0 Å². The summed E-state index contributed by atoms with van der Waals surface area (Å²) >= 11 is 14.2. The first-order valence-electron chi connectivity index (χ1n) is 9.53. The van der Waals surface area contributed by atoms with E-state index in [9.17, 15) is 19.2 Å². The van der Waals surface area contributed by atoms with Crippen LogP contribution in [-0.4, -0.2) is 23.9 Å². The number of carbonyl (C=O) groups excluding carboxylic acids is 4. The van der Waals surface area contributed by atoms with E-state index in [1.54, 1.807) is 0 Å². The third-order valence-electron chi connectivity index (χ3n) is 5.37. The predicted molar refractivity (Wildman–Crippen MR) is 138 cm³/mol. The zero-order chi connectivity index (χ0) is 24.3. The first kappa shape index (κ1) is 23.3. The van der Waals surface area contributed by atoms with E-state index in [2.05, 4.69) is 73.2 Å². The van der Waals surface area contributed by atoms with Crippen LogP contribution >= 0.6 is 63.7 Å². The highest BCUT2D eigenvalue weighted by Crippen LogP contribution is 2.39. The Kier molecular flexibility index (Phi) is 5.96. The van der Waals surface area contributed by atoms with Crippen LogP contribution in [0.4, 0.5) is 0 Å². The summed E-state index contributed by atoms with van der Waals surface area (Å²) in [5.41, 5.74) is 0.621. The van der Waals surface area contributed by atoms with Crippen LogP contribution in [0.1, 0.15) is 41.4 Å². The topological polar surface area (TPSA) is 86.7 Å². The molecule has 168 valence electrons. The van der Waals surface area contributed by atoms with Crippen LogP contribution in [0.2, 0.25) is 0 Å². The fourth-order valence-corrected chi connectivity index (χ4v) is 6.60. The summed E-state index contributed by atoms with van der Waals surface area (Å²) in [5.74, 6) is -3.18. The number of fused-ring (bicyclic) bond motifs is 1. The molecular weight excluding hydrogens is 704 g/mol. The molecule has 0 aliphatic carbocycles. The van der Waals surface area contributed by atoms with Crippen molar-refractivity contribution >= 4 is 109 Å². The zero-order valence-electron chi connectivity index (χ0n) is 16.6. The standard InChI is InChI=1S/C14H4O6.C10H4Br4/c15-11-5-1-2-6-10-8(14(18)20-12(6)16)4-3-7(9(5)10)13(17)19-11;11-5-1-2-6(12)10-8(14)4-3-7(13)9(5)10/h1-4H;1-4H. The highest BCUT2D eigenvalue weighted by atomic mass is 79.9. The molecule has 6 nitrogen and oxygen atoms in total. The van der Waals surface area contributed by atoms with Crippen LogP contribution in [0, 0.1) is 0 Å². The van der Waals surface area contributed by atoms with Crippen molar-refractivity contribution in [2.24, 2.45) is 0 Å². The maximum Gasteiger partial charge on any atom is 0.346 e. The van der Waals surface area contributed by atoms with E-state index in [0.29, 0.717) is 0 Å². The maximum absolute atomic E-state index is 11.7. The van der Waals surface area contributed by atoms with Gasteiger partial charge in [0.25, 0.3) is 0 Å². The number of esters is 4. The number of halogens is 4. The van der Waals surface area contributed by atoms with Gasteiger partial charge in [-0.05, 0) is 48.5 Å². The number of hydrogen-bond donors (Lipinski definition) is 0. The van der Waals surface area contributed by atoms with E-state index >= 15 is 0 Å². The number of hydrogen-bond acceptors (Lipinski definition) is 6. The number of cyclic esters (lactones) is 4. The molecule has 0 amide bonds. The fraction of sp³-hybridized carbons (Fsp3) is 0. The second-order valence-electron chi connectivity index (χ2n) is 7.23. The van der Waals surface area contributed by atoms with Gasteiger partial charge in [0.1, 0.15) is 0 Å². The molecule has 6 rings (SSSR count). The molecule has 0 unspecified atom stereocenters. The number of carbonyl (C=O) groups is 4. The Morgan fingerprint density at radius 1 is 0.382 bits per heavy atom. The van der Waals surface area contributed by atoms with Gasteiger partial charge in [-0.3, -0.25) is 0 Å². The molecule has 2 heterocycles. The van der Waals surface area contributed by atoms with Gasteiger partial charge in [-0.1, -0.05) is 63.7 Å². The summed E-state index contributed by atoms with van der Waals surface area (Å²) in [6, 6.07) is 13.7. The summed E-state index contributed by atoms with van der Waals surface area (Å²) in [7, 11) is 0. The van der Waals surface area contributed by atoms with Gasteiger partial charge in [-0.25, -0.2) is 19.2 Å². The number of ether oxygens (including phenoxy) is 2.